The van der Waals surface area contributed by atoms with Crippen molar-refractivity contribution in [2.24, 2.45) is 29.6 Å². The molecule has 8 rings (SSSR count). The largest absolute Gasteiger partial charge is 0.497 e. The second kappa shape index (κ2) is 10.9. The molecule has 2 aliphatic heterocycles. The van der Waals surface area contributed by atoms with Crippen LogP contribution in [0.1, 0.15) is 22.8 Å². The molecule has 1 aromatic heterocycles. The van der Waals surface area contributed by atoms with Gasteiger partial charge in [0.25, 0.3) is 5.91 Å². The molecule has 2 N–H and O–H groups in total. The first-order valence-electron chi connectivity index (χ1n) is 14.9. The number of hydrogen-bond acceptors (Lipinski definition) is 8. The fourth-order valence-electron chi connectivity index (χ4n) is 8.01. The minimum Gasteiger partial charge on any atom is -0.497 e. The van der Waals surface area contributed by atoms with Crippen LogP contribution in [-0.2, 0) is 14.4 Å². The quantitative estimate of drug-likeness (QED) is 0.269. The summed E-state index contributed by atoms with van der Waals surface area (Å²) in [5.74, 6) is 0.209. The van der Waals surface area contributed by atoms with Gasteiger partial charge >= 0.3 is 4.87 Å². The number of H-pyrrole nitrogens is 1. The Kier molecular flexibility index (Phi) is 6.83. The summed E-state index contributed by atoms with van der Waals surface area (Å²) in [7, 11) is 1.59. The number of benzene rings is 3. The number of thiazole rings is 1. The molecule has 2 saturated carbocycles. The minimum atomic E-state index is -0.351. The predicted octanol–water partition coefficient (Wildman–Crippen LogP) is 5.14. The molecule has 11 heteroatoms. The summed E-state index contributed by atoms with van der Waals surface area (Å²) >= 11 is 2.90. The van der Waals surface area contributed by atoms with Crippen LogP contribution in [0.5, 0.6) is 11.5 Å². The molecule has 7 atom stereocenters. The molecular weight excluding hydrogens is 611 g/mol. The van der Waals surface area contributed by atoms with E-state index in [4.69, 9.17) is 9.47 Å². The van der Waals surface area contributed by atoms with Gasteiger partial charge in [0.1, 0.15) is 11.5 Å². The number of nitrogens with zero attached hydrogens (tertiary/aromatic N) is 1. The number of carbonyl (C=O) groups excluding carboxylic acids is 3. The maximum atomic E-state index is 13.9. The molecule has 0 spiro atoms. The molecule has 228 valence electrons. The number of methoxy groups -OCH3 is 1. The van der Waals surface area contributed by atoms with Crippen LogP contribution in [-0.4, -0.2) is 41.7 Å². The van der Waals surface area contributed by atoms with Crippen LogP contribution in [0.3, 0.4) is 0 Å². The number of fused-ring (bicyclic) bond motifs is 9. The van der Waals surface area contributed by atoms with Crippen molar-refractivity contribution in [1.82, 2.24) is 4.98 Å². The fourth-order valence-corrected chi connectivity index (χ4v) is 10.9. The molecule has 2 aliphatic carbocycles. The molecule has 1 saturated heterocycles. The second-order valence-corrected chi connectivity index (χ2v) is 14.1. The van der Waals surface area contributed by atoms with Gasteiger partial charge in [-0.1, -0.05) is 41.7 Å². The smallest absolute Gasteiger partial charge is 0.305 e. The van der Waals surface area contributed by atoms with Gasteiger partial charge in [-0.3, -0.25) is 24.1 Å². The first kappa shape index (κ1) is 28.1. The number of hydrogen-bond donors (Lipinski definition) is 2. The Morgan fingerprint density at radius 1 is 0.911 bits per heavy atom. The van der Waals surface area contributed by atoms with E-state index in [1.165, 1.54) is 16.2 Å². The highest BCUT2D eigenvalue weighted by molar-refractivity contribution is 8.00. The van der Waals surface area contributed by atoms with Crippen LogP contribution in [0.2, 0.25) is 0 Å². The first-order valence-corrected chi connectivity index (χ1v) is 16.6. The van der Waals surface area contributed by atoms with Crippen molar-refractivity contribution in [3.8, 4) is 11.5 Å². The van der Waals surface area contributed by atoms with Crippen LogP contribution in [0.4, 0.5) is 11.4 Å². The summed E-state index contributed by atoms with van der Waals surface area (Å²) < 4.78 is 10.9. The summed E-state index contributed by atoms with van der Waals surface area (Å²) in [6.07, 6.45) is 0.831. The van der Waals surface area contributed by atoms with E-state index in [-0.39, 0.29) is 70.0 Å². The Balaban J connectivity index is 1.04. The lowest BCUT2D eigenvalue weighted by Crippen LogP contribution is -2.42. The van der Waals surface area contributed by atoms with Crippen molar-refractivity contribution in [2.45, 2.75) is 22.6 Å². The molecule has 4 aliphatic rings. The molecule has 3 heterocycles. The number of aromatic nitrogens is 1. The maximum Gasteiger partial charge on any atom is 0.305 e. The van der Waals surface area contributed by atoms with E-state index in [1.807, 2.05) is 54.6 Å². The molecule has 3 amide bonds. The predicted molar refractivity (Wildman–Crippen MR) is 171 cm³/mol. The minimum absolute atomic E-state index is 0.0376. The highest BCUT2D eigenvalue weighted by atomic mass is 32.2. The number of para-hydroxylation sites is 1. The van der Waals surface area contributed by atoms with Crippen LogP contribution in [0.15, 0.2) is 88.7 Å². The zero-order valence-corrected chi connectivity index (χ0v) is 25.8. The van der Waals surface area contributed by atoms with E-state index in [0.29, 0.717) is 22.9 Å². The summed E-state index contributed by atoms with van der Waals surface area (Å²) in [6, 6.07) is 23.9. The zero-order valence-electron chi connectivity index (χ0n) is 24.2. The molecule has 4 aromatic rings. The second-order valence-electron chi connectivity index (χ2n) is 11.9. The summed E-state index contributed by atoms with van der Waals surface area (Å²) in [4.78, 5) is 58.0. The first-order chi connectivity index (χ1) is 21.9. The number of nitrogens with one attached hydrogen (secondary N) is 2. The number of carbonyl (C=O) groups is 3. The van der Waals surface area contributed by atoms with Crippen LogP contribution < -0.4 is 24.6 Å². The van der Waals surface area contributed by atoms with E-state index in [1.54, 1.807) is 43.1 Å². The topological polar surface area (TPSA) is 118 Å². The standard InChI is InChI=1S/C34H29N3O6S2/c1-42-20-13-9-18(10-14-20)35-24(38)16-43-21-11-7-17(8-12-21)25-26-22-15-23(29(26)44-31-30(25)45-34(41)36-31)28-27(22)32(39)37(33(28)40)19-5-3-2-4-6-19/h2-14,22-23,25-29H,15-16H2,1H3,(H,35,38)(H,36,41)/t22-,23-,25+,26-,27+,28+,29-/m1/s1. The van der Waals surface area contributed by atoms with Gasteiger partial charge in [0.15, 0.2) is 6.61 Å². The van der Waals surface area contributed by atoms with E-state index in [2.05, 4.69) is 10.3 Å². The summed E-state index contributed by atoms with van der Waals surface area (Å²) in [6.45, 7) is -0.152. The van der Waals surface area contributed by atoms with E-state index in [0.717, 1.165) is 21.9 Å². The van der Waals surface area contributed by atoms with Gasteiger partial charge < -0.3 is 19.8 Å². The normalized spacial score (nSPS) is 27.6. The average molecular weight is 640 g/mol. The van der Waals surface area contributed by atoms with Crippen molar-refractivity contribution < 1.29 is 23.9 Å². The Labute approximate surface area is 266 Å². The summed E-state index contributed by atoms with van der Waals surface area (Å²) in [5.41, 5.74) is 2.30. The molecule has 3 fully saturated rings. The van der Waals surface area contributed by atoms with Crippen molar-refractivity contribution in [3.05, 3.63) is 99.0 Å². The monoisotopic (exact) mass is 639 g/mol. The molecule has 3 aromatic carbocycles. The van der Waals surface area contributed by atoms with E-state index >= 15 is 0 Å². The number of aromatic amines is 1. The lowest BCUT2D eigenvalue weighted by atomic mass is 9.68. The van der Waals surface area contributed by atoms with Crippen molar-refractivity contribution in [1.29, 1.82) is 0 Å². The highest BCUT2D eigenvalue weighted by Crippen LogP contribution is 2.68. The van der Waals surface area contributed by atoms with Gasteiger partial charge in [0, 0.05) is 21.7 Å². The number of ether oxygens (including phenoxy) is 2. The molecule has 45 heavy (non-hydrogen) atoms. The molecule has 9 nitrogen and oxygen atoms in total. The zero-order chi connectivity index (χ0) is 30.8. The molecular formula is C34H29N3O6S2. The Morgan fingerprint density at radius 3 is 2.31 bits per heavy atom. The molecule has 0 radical (unpaired) electrons. The lowest BCUT2D eigenvalue weighted by Gasteiger charge is -2.43. The number of rotatable bonds is 7. The molecule has 2 bridgehead atoms. The van der Waals surface area contributed by atoms with Crippen molar-refractivity contribution >= 4 is 52.2 Å². The Hall–Kier alpha value is -4.35. The third-order valence-corrected chi connectivity index (χ3v) is 12.3. The van der Waals surface area contributed by atoms with Gasteiger partial charge in [-0.2, -0.15) is 0 Å². The van der Waals surface area contributed by atoms with Crippen LogP contribution in [0.25, 0.3) is 0 Å². The van der Waals surface area contributed by atoms with Gasteiger partial charge in [-0.15, -0.1) is 11.8 Å². The van der Waals surface area contributed by atoms with Gasteiger partial charge in [-0.25, -0.2) is 0 Å². The van der Waals surface area contributed by atoms with Crippen LogP contribution in [0, 0.1) is 29.6 Å². The van der Waals surface area contributed by atoms with Crippen LogP contribution >= 0.6 is 23.1 Å². The summed E-state index contributed by atoms with van der Waals surface area (Å²) in [5, 5.41) is 3.79. The van der Waals surface area contributed by atoms with Crippen molar-refractivity contribution in [2.75, 3.05) is 23.9 Å². The Morgan fingerprint density at radius 2 is 1.60 bits per heavy atom. The third kappa shape index (κ3) is 4.59. The number of imide groups is 1. The Bertz CT molecular complexity index is 1860. The van der Waals surface area contributed by atoms with Gasteiger partial charge in [-0.05, 0) is 78.3 Å². The number of anilines is 2. The van der Waals surface area contributed by atoms with E-state index < -0.39 is 0 Å². The van der Waals surface area contributed by atoms with Gasteiger partial charge in [0.05, 0.1) is 29.7 Å². The third-order valence-electron chi connectivity index (χ3n) is 9.72. The number of thioether (sulfide) groups is 1. The SMILES string of the molecule is COc1ccc(NC(=O)COc2ccc([C@@H]3c4sc(=O)[nH]c4S[C@@H]4[C@@H]5C[C@@H]([C@@H]6C(=O)N(c7ccccc7)C(=O)[C@@H]56)[C@H]34)cc2)cc1. The van der Waals surface area contributed by atoms with E-state index in [9.17, 15) is 19.2 Å². The fraction of sp³-hybridized carbons (Fsp3) is 0.294. The highest BCUT2D eigenvalue weighted by Gasteiger charge is 2.69. The van der Waals surface area contributed by atoms with Gasteiger partial charge in [0.2, 0.25) is 11.8 Å². The maximum absolute atomic E-state index is 13.9. The molecule has 0 unspecified atom stereocenters. The van der Waals surface area contributed by atoms with Crippen molar-refractivity contribution in [3.63, 3.8) is 0 Å². The number of amides is 3. The lowest BCUT2D eigenvalue weighted by molar-refractivity contribution is -0.123. The average Bonchev–Trinajstić information content (AvgIpc) is 3.80.